The Balaban J connectivity index is 1.75. The normalized spacial score (nSPS) is 18.8. The summed E-state index contributed by atoms with van der Waals surface area (Å²) >= 11 is 0. The van der Waals surface area contributed by atoms with Crippen LogP contribution >= 0.6 is 0 Å². The van der Waals surface area contributed by atoms with E-state index < -0.39 is 36.5 Å². The maximum Gasteiger partial charge on any atom is 0.416 e. The third-order valence-corrected chi connectivity index (χ3v) is 4.01. The Bertz CT molecular complexity index is 617. The van der Waals surface area contributed by atoms with Crippen LogP contribution in [0.3, 0.4) is 0 Å². The van der Waals surface area contributed by atoms with Crippen LogP contribution in [0.25, 0.3) is 0 Å². The molecule has 0 radical (unpaired) electrons. The van der Waals surface area contributed by atoms with Gasteiger partial charge in [-0.1, -0.05) is 18.2 Å². The zero-order valence-corrected chi connectivity index (χ0v) is 13.8. The Morgan fingerprint density at radius 3 is 2.50 bits per heavy atom. The average Bonchev–Trinajstić information content (AvgIpc) is 2.91. The molecule has 1 unspecified atom stereocenters. The van der Waals surface area contributed by atoms with Gasteiger partial charge in [-0.2, -0.15) is 26.3 Å². The van der Waals surface area contributed by atoms with Crippen molar-refractivity contribution >= 4 is 6.03 Å². The quantitative estimate of drug-likeness (QED) is 0.768. The van der Waals surface area contributed by atoms with Gasteiger partial charge in [0.15, 0.2) is 0 Å². The third kappa shape index (κ3) is 6.40. The fourth-order valence-corrected chi connectivity index (χ4v) is 2.91. The van der Waals surface area contributed by atoms with E-state index >= 15 is 0 Å². The number of nitrogens with one attached hydrogen (secondary N) is 2. The molecular formula is C16H19F6N3O. The number of amides is 2. The molecule has 2 rings (SSSR count). The number of hydrogen-bond acceptors (Lipinski definition) is 2. The van der Waals surface area contributed by atoms with Crippen LogP contribution in [0.5, 0.6) is 0 Å². The Morgan fingerprint density at radius 2 is 1.85 bits per heavy atom. The summed E-state index contributed by atoms with van der Waals surface area (Å²) in [7, 11) is 0. The van der Waals surface area contributed by atoms with Crippen LogP contribution in [0.4, 0.5) is 31.1 Å². The summed E-state index contributed by atoms with van der Waals surface area (Å²) in [5.41, 5.74) is -0.682. The standard InChI is InChI=1S/C16H19F6N3O/c17-15(18,19)10-25-8-6-12(9-25)24-14(26)23-7-5-11-3-1-2-4-13(11)16(20,21)22/h1-4,12H,5-10H2,(H2,23,24,26). The van der Waals surface area contributed by atoms with E-state index in [1.54, 1.807) is 0 Å². The highest BCUT2D eigenvalue weighted by molar-refractivity contribution is 5.74. The lowest BCUT2D eigenvalue weighted by atomic mass is 10.0. The number of carbonyl (C=O) groups excluding carboxylic acids is 1. The van der Waals surface area contributed by atoms with E-state index in [0.29, 0.717) is 6.42 Å². The van der Waals surface area contributed by atoms with Crippen molar-refractivity contribution in [1.29, 1.82) is 0 Å². The van der Waals surface area contributed by atoms with Crippen molar-refractivity contribution in [3.05, 3.63) is 35.4 Å². The van der Waals surface area contributed by atoms with Crippen molar-refractivity contribution in [2.24, 2.45) is 0 Å². The highest BCUT2D eigenvalue weighted by Gasteiger charge is 2.35. The minimum absolute atomic E-state index is 0.00598. The first-order valence-corrected chi connectivity index (χ1v) is 8.03. The number of nitrogens with zero attached hydrogens (tertiary/aromatic N) is 1. The summed E-state index contributed by atoms with van der Waals surface area (Å²) in [5.74, 6) is 0. The molecule has 0 aliphatic carbocycles. The highest BCUT2D eigenvalue weighted by atomic mass is 19.4. The first kappa shape index (κ1) is 20.3. The molecule has 0 saturated carbocycles. The molecule has 2 amide bonds. The molecule has 10 heteroatoms. The average molecular weight is 383 g/mol. The molecule has 1 saturated heterocycles. The van der Waals surface area contributed by atoms with Crippen LogP contribution in [-0.4, -0.2) is 49.3 Å². The van der Waals surface area contributed by atoms with Gasteiger partial charge in [-0.25, -0.2) is 4.79 Å². The van der Waals surface area contributed by atoms with Gasteiger partial charge in [-0.05, 0) is 24.5 Å². The van der Waals surface area contributed by atoms with Crippen molar-refractivity contribution < 1.29 is 31.1 Å². The van der Waals surface area contributed by atoms with E-state index in [-0.39, 0.29) is 31.6 Å². The molecule has 0 aromatic heterocycles. The Kier molecular flexibility index (Phi) is 6.38. The lowest BCUT2D eigenvalue weighted by Crippen LogP contribution is -2.44. The topological polar surface area (TPSA) is 44.4 Å². The fourth-order valence-electron chi connectivity index (χ4n) is 2.91. The van der Waals surface area contributed by atoms with Crippen molar-refractivity contribution in [1.82, 2.24) is 15.5 Å². The Hall–Kier alpha value is -1.97. The molecular weight excluding hydrogens is 364 g/mol. The molecule has 2 N–H and O–H groups in total. The van der Waals surface area contributed by atoms with E-state index in [1.807, 2.05) is 0 Å². The molecule has 1 fully saturated rings. The summed E-state index contributed by atoms with van der Waals surface area (Å²) in [4.78, 5) is 13.0. The predicted molar refractivity (Wildman–Crippen MR) is 82.6 cm³/mol. The van der Waals surface area contributed by atoms with Crippen LogP contribution in [0.2, 0.25) is 0 Å². The van der Waals surface area contributed by atoms with E-state index in [4.69, 9.17) is 0 Å². The summed E-state index contributed by atoms with van der Waals surface area (Å²) < 4.78 is 75.6. The van der Waals surface area contributed by atoms with Gasteiger partial charge in [0.25, 0.3) is 0 Å². The van der Waals surface area contributed by atoms with Crippen LogP contribution in [-0.2, 0) is 12.6 Å². The molecule has 1 heterocycles. The lowest BCUT2D eigenvalue weighted by molar-refractivity contribution is -0.143. The minimum Gasteiger partial charge on any atom is -0.338 e. The van der Waals surface area contributed by atoms with Crippen LogP contribution in [0, 0.1) is 0 Å². The zero-order chi connectivity index (χ0) is 19.4. The maximum absolute atomic E-state index is 12.9. The minimum atomic E-state index is -4.47. The molecule has 1 aliphatic rings. The molecule has 1 aliphatic heterocycles. The van der Waals surface area contributed by atoms with Crippen LogP contribution < -0.4 is 10.6 Å². The summed E-state index contributed by atoms with van der Waals surface area (Å²) in [6, 6.07) is 4.07. The second-order valence-electron chi connectivity index (χ2n) is 6.14. The molecule has 26 heavy (non-hydrogen) atoms. The SMILES string of the molecule is O=C(NCCc1ccccc1C(F)(F)F)NC1CCN(CC(F)(F)F)C1. The number of likely N-dealkylation sites (tertiary alicyclic amines) is 1. The number of benzene rings is 1. The van der Waals surface area contributed by atoms with Crippen molar-refractivity contribution in [3.63, 3.8) is 0 Å². The molecule has 1 aromatic carbocycles. The van der Waals surface area contributed by atoms with Gasteiger partial charge in [-0.3, -0.25) is 4.90 Å². The zero-order valence-electron chi connectivity index (χ0n) is 13.8. The summed E-state index contributed by atoms with van der Waals surface area (Å²) in [5, 5.41) is 4.99. The summed E-state index contributed by atoms with van der Waals surface area (Å²) in [6.07, 6.45) is -8.37. The largest absolute Gasteiger partial charge is 0.416 e. The Morgan fingerprint density at radius 1 is 1.15 bits per heavy atom. The molecule has 1 atom stereocenters. The number of halogens is 6. The maximum atomic E-state index is 12.9. The van der Waals surface area contributed by atoms with Crippen molar-refractivity contribution in [2.45, 2.75) is 31.2 Å². The van der Waals surface area contributed by atoms with Gasteiger partial charge in [-0.15, -0.1) is 0 Å². The molecule has 0 spiro atoms. The summed E-state index contributed by atoms with van der Waals surface area (Å²) in [6.45, 7) is -0.730. The molecule has 0 bridgehead atoms. The monoisotopic (exact) mass is 383 g/mol. The molecule has 1 aromatic rings. The molecule has 146 valence electrons. The van der Waals surface area contributed by atoms with Gasteiger partial charge in [0, 0.05) is 25.7 Å². The van der Waals surface area contributed by atoms with Crippen LogP contribution in [0.1, 0.15) is 17.5 Å². The first-order valence-electron chi connectivity index (χ1n) is 8.03. The number of alkyl halides is 6. The molecule has 4 nitrogen and oxygen atoms in total. The highest BCUT2D eigenvalue weighted by Crippen LogP contribution is 2.31. The fraction of sp³-hybridized carbons (Fsp3) is 0.562. The smallest absolute Gasteiger partial charge is 0.338 e. The second kappa shape index (κ2) is 8.15. The van der Waals surface area contributed by atoms with E-state index in [2.05, 4.69) is 10.6 Å². The predicted octanol–water partition coefficient (Wildman–Crippen LogP) is 3.18. The van der Waals surface area contributed by atoms with Gasteiger partial charge >= 0.3 is 18.4 Å². The Labute approximate surface area is 146 Å². The third-order valence-electron chi connectivity index (χ3n) is 4.01. The number of rotatable bonds is 5. The first-order chi connectivity index (χ1) is 12.0. The number of carbonyl (C=O) groups is 1. The number of hydrogen-bond donors (Lipinski definition) is 2. The van der Waals surface area contributed by atoms with Gasteiger partial charge in [0.1, 0.15) is 0 Å². The number of urea groups is 1. The van der Waals surface area contributed by atoms with Crippen LogP contribution in [0.15, 0.2) is 24.3 Å². The van der Waals surface area contributed by atoms with E-state index in [9.17, 15) is 31.1 Å². The van der Waals surface area contributed by atoms with Crippen molar-refractivity contribution in [3.8, 4) is 0 Å². The van der Waals surface area contributed by atoms with Gasteiger partial charge < -0.3 is 10.6 Å². The lowest BCUT2D eigenvalue weighted by Gasteiger charge is -2.18. The van der Waals surface area contributed by atoms with Gasteiger partial charge in [0.2, 0.25) is 0 Å². The van der Waals surface area contributed by atoms with E-state index in [0.717, 1.165) is 6.07 Å². The van der Waals surface area contributed by atoms with Gasteiger partial charge in [0.05, 0.1) is 12.1 Å². The second-order valence-corrected chi connectivity index (χ2v) is 6.14. The van der Waals surface area contributed by atoms with E-state index in [1.165, 1.54) is 23.1 Å². The van der Waals surface area contributed by atoms with Crippen molar-refractivity contribution in [2.75, 3.05) is 26.2 Å².